The summed E-state index contributed by atoms with van der Waals surface area (Å²) >= 11 is 0. The van der Waals surface area contributed by atoms with Crippen molar-refractivity contribution in [1.29, 1.82) is 0 Å². The average Bonchev–Trinajstić information content (AvgIpc) is 3.40. The molecule has 4 rings (SSSR count). The summed E-state index contributed by atoms with van der Waals surface area (Å²) in [7, 11) is 0. The van der Waals surface area contributed by atoms with Crippen LogP contribution in [0.15, 0.2) is 69.7 Å². The molecule has 0 spiro atoms. The molecule has 0 aliphatic carbocycles. The number of nitrogens with one attached hydrogen (secondary N) is 1. The molecular formula is C25H23N3O6. The van der Waals surface area contributed by atoms with Gasteiger partial charge in [0.2, 0.25) is 6.10 Å². The van der Waals surface area contributed by atoms with Crippen LogP contribution in [0.5, 0.6) is 5.75 Å². The first kappa shape index (κ1) is 22.8. The summed E-state index contributed by atoms with van der Waals surface area (Å²) in [5, 5.41) is 10.3. The number of aromatic nitrogens is 2. The molecule has 34 heavy (non-hydrogen) atoms. The number of esters is 1. The van der Waals surface area contributed by atoms with E-state index in [0.717, 1.165) is 11.3 Å². The second kappa shape index (κ2) is 10.0. The molecule has 9 heteroatoms. The second-order valence-corrected chi connectivity index (χ2v) is 7.63. The third-order valence-electron chi connectivity index (χ3n) is 5.08. The highest BCUT2D eigenvalue weighted by Gasteiger charge is 2.26. The van der Waals surface area contributed by atoms with Crippen molar-refractivity contribution in [2.24, 2.45) is 0 Å². The molecule has 4 aromatic rings. The Balaban J connectivity index is 1.49. The van der Waals surface area contributed by atoms with Gasteiger partial charge in [-0.05, 0) is 39.0 Å². The highest BCUT2D eigenvalue weighted by atomic mass is 16.5. The van der Waals surface area contributed by atoms with Gasteiger partial charge in [-0.15, -0.1) is 0 Å². The van der Waals surface area contributed by atoms with Gasteiger partial charge in [0.05, 0.1) is 16.8 Å². The summed E-state index contributed by atoms with van der Waals surface area (Å²) in [6.45, 7) is 5.59. The number of amides is 1. The summed E-state index contributed by atoms with van der Waals surface area (Å²) in [6, 6.07) is 16.8. The van der Waals surface area contributed by atoms with Gasteiger partial charge < -0.3 is 23.8 Å². The van der Waals surface area contributed by atoms with Gasteiger partial charge in [-0.3, -0.25) is 4.79 Å². The lowest BCUT2D eigenvalue weighted by Gasteiger charge is -2.17. The maximum atomic E-state index is 13.0. The molecule has 2 heterocycles. The van der Waals surface area contributed by atoms with Crippen molar-refractivity contribution >= 4 is 17.7 Å². The molecule has 2 aromatic carbocycles. The summed E-state index contributed by atoms with van der Waals surface area (Å²) in [6.07, 6.45) is -1.20. The van der Waals surface area contributed by atoms with E-state index in [1.165, 1.54) is 0 Å². The molecule has 2 aromatic heterocycles. The number of hydrogen-bond donors (Lipinski definition) is 1. The third kappa shape index (κ3) is 5.32. The molecule has 1 atom stereocenters. The molecule has 1 unspecified atom stereocenters. The highest BCUT2D eigenvalue weighted by molar-refractivity contribution is 5.97. The van der Waals surface area contributed by atoms with Crippen molar-refractivity contribution in [1.82, 2.24) is 10.3 Å². The predicted octanol–water partition coefficient (Wildman–Crippen LogP) is 4.70. The number of anilines is 1. The molecule has 174 valence electrons. The van der Waals surface area contributed by atoms with Crippen LogP contribution in [0, 0.1) is 20.8 Å². The van der Waals surface area contributed by atoms with Crippen LogP contribution in [0.3, 0.4) is 0 Å². The Kier molecular flexibility index (Phi) is 6.72. The molecule has 0 bridgehead atoms. The lowest BCUT2D eigenvalue weighted by Crippen LogP contribution is -2.26. The quantitative estimate of drug-likeness (QED) is 0.375. The number of carbonyl (C=O) groups is 2. The smallest absolute Gasteiger partial charge is 0.339 e. The zero-order valence-corrected chi connectivity index (χ0v) is 18.9. The Morgan fingerprint density at radius 3 is 2.44 bits per heavy atom. The first-order valence-electron chi connectivity index (χ1n) is 10.6. The Morgan fingerprint density at radius 2 is 1.76 bits per heavy atom. The second-order valence-electron chi connectivity index (χ2n) is 7.63. The predicted molar refractivity (Wildman–Crippen MR) is 121 cm³/mol. The molecular weight excluding hydrogens is 438 g/mol. The summed E-state index contributed by atoms with van der Waals surface area (Å²) in [5.74, 6) is 0.674. The summed E-state index contributed by atoms with van der Waals surface area (Å²) < 4.78 is 21.6. The van der Waals surface area contributed by atoms with E-state index in [2.05, 4.69) is 15.6 Å². The average molecular weight is 461 g/mol. The van der Waals surface area contributed by atoms with Crippen molar-refractivity contribution in [3.63, 3.8) is 0 Å². The van der Waals surface area contributed by atoms with Crippen LogP contribution < -0.4 is 10.1 Å². The molecule has 0 saturated carbocycles. The van der Waals surface area contributed by atoms with E-state index < -0.39 is 18.0 Å². The molecule has 0 aliphatic rings. The van der Waals surface area contributed by atoms with Crippen molar-refractivity contribution in [3.8, 4) is 5.75 Å². The standard InChI is InChI=1S/C25H23N3O6/c1-15-12-22(28-33-15)26-24(29)23(18-8-5-4-6-9-18)32-25(30)19-10-7-11-20(13-19)31-14-21-16(2)27-34-17(21)3/h4-13,23H,14H2,1-3H3,(H,26,28,29). The maximum absolute atomic E-state index is 13.0. The number of aryl methyl sites for hydroxylation is 3. The van der Waals surface area contributed by atoms with E-state index in [1.54, 1.807) is 67.6 Å². The minimum Gasteiger partial charge on any atom is -0.489 e. The fourth-order valence-corrected chi connectivity index (χ4v) is 3.27. The summed E-state index contributed by atoms with van der Waals surface area (Å²) in [4.78, 5) is 25.9. The molecule has 1 amide bonds. The van der Waals surface area contributed by atoms with Crippen LogP contribution >= 0.6 is 0 Å². The topological polar surface area (TPSA) is 117 Å². The van der Waals surface area contributed by atoms with Crippen LogP contribution in [0.4, 0.5) is 5.82 Å². The van der Waals surface area contributed by atoms with E-state index >= 15 is 0 Å². The van der Waals surface area contributed by atoms with Gasteiger partial charge in [-0.2, -0.15) is 0 Å². The minimum atomic E-state index is -1.20. The van der Waals surface area contributed by atoms with Crippen molar-refractivity contribution in [2.75, 3.05) is 5.32 Å². The van der Waals surface area contributed by atoms with Gasteiger partial charge in [0.25, 0.3) is 5.91 Å². The van der Waals surface area contributed by atoms with Crippen molar-refractivity contribution in [2.45, 2.75) is 33.5 Å². The zero-order valence-electron chi connectivity index (χ0n) is 18.9. The van der Waals surface area contributed by atoms with E-state index in [0.29, 0.717) is 22.8 Å². The fourth-order valence-electron chi connectivity index (χ4n) is 3.27. The molecule has 0 radical (unpaired) electrons. The SMILES string of the molecule is Cc1cc(NC(=O)C(OC(=O)c2cccc(OCc3c(C)noc3C)c2)c2ccccc2)no1. The number of hydrogen-bond acceptors (Lipinski definition) is 8. The van der Waals surface area contributed by atoms with Gasteiger partial charge >= 0.3 is 5.97 Å². The Morgan fingerprint density at radius 1 is 0.971 bits per heavy atom. The van der Waals surface area contributed by atoms with E-state index in [4.69, 9.17) is 18.5 Å². The van der Waals surface area contributed by atoms with Crippen molar-refractivity contribution in [3.05, 3.63) is 94.6 Å². The van der Waals surface area contributed by atoms with Gasteiger partial charge in [0.15, 0.2) is 5.82 Å². The zero-order chi connectivity index (χ0) is 24.1. The number of benzene rings is 2. The molecule has 0 fully saturated rings. The van der Waals surface area contributed by atoms with Gasteiger partial charge in [0.1, 0.15) is 23.9 Å². The van der Waals surface area contributed by atoms with Gasteiger partial charge in [-0.1, -0.05) is 46.7 Å². The van der Waals surface area contributed by atoms with E-state index in [9.17, 15) is 9.59 Å². The monoisotopic (exact) mass is 461 g/mol. The largest absolute Gasteiger partial charge is 0.489 e. The van der Waals surface area contributed by atoms with Crippen LogP contribution in [-0.2, 0) is 16.1 Å². The Bertz CT molecular complexity index is 1280. The molecule has 9 nitrogen and oxygen atoms in total. The van der Waals surface area contributed by atoms with Crippen LogP contribution in [0.25, 0.3) is 0 Å². The fraction of sp³-hybridized carbons (Fsp3) is 0.200. The lowest BCUT2D eigenvalue weighted by molar-refractivity contribution is -0.125. The first-order chi connectivity index (χ1) is 16.4. The molecule has 0 saturated heterocycles. The first-order valence-corrected chi connectivity index (χ1v) is 10.6. The lowest BCUT2D eigenvalue weighted by atomic mass is 10.1. The number of nitrogens with zero attached hydrogens (tertiary/aromatic N) is 2. The third-order valence-corrected chi connectivity index (χ3v) is 5.08. The highest BCUT2D eigenvalue weighted by Crippen LogP contribution is 2.24. The summed E-state index contributed by atoms with van der Waals surface area (Å²) in [5.41, 5.74) is 2.34. The number of ether oxygens (including phenoxy) is 2. The van der Waals surface area contributed by atoms with Crippen LogP contribution in [-0.4, -0.2) is 22.2 Å². The Hall–Kier alpha value is -4.40. The van der Waals surface area contributed by atoms with Crippen LogP contribution in [0.2, 0.25) is 0 Å². The number of carbonyl (C=O) groups excluding carboxylic acids is 2. The Labute approximate surface area is 195 Å². The normalized spacial score (nSPS) is 11.6. The van der Waals surface area contributed by atoms with Gasteiger partial charge in [-0.25, -0.2) is 4.79 Å². The maximum Gasteiger partial charge on any atom is 0.339 e. The molecule has 1 N–H and O–H groups in total. The van der Waals surface area contributed by atoms with Crippen LogP contribution in [0.1, 0.15) is 44.8 Å². The minimum absolute atomic E-state index is 0.231. The number of rotatable bonds is 8. The van der Waals surface area contributed by atoms with E-state index in [-0.39, 0.29) is 18.0 Å². The van der Waals surface area contributed by atoms with Crippen molar-refractivity contribution < 1.29 is 28.1 Å². The molecule has 0 aliphatic heterocycles. The van der Waals surface area contributed by atoms with Gasteiger partial charge in [0, 0.05) is 11.6 Å². The van der Waals surface area contributed by atoms with E-state index in [1.807, 2.05) is 13.8 Å².